The summed E-state index contributed by atoms with van der Waals surface area (Å²) in [4.78, 5) is 0. The molecule has 20 heavy (non-hydrogen) atoms. The monoisotopic (exact) mass is 284 g/mol. The van der Waals surface area contributed by atoms with E-state index in [2.05, 4.69) is 6.92 Å². The maximum absolute atomic E-state index is 6.19. The molecule has 1 aliphatic carbocycles. The van der Waals surface area contributed by atoms with Crippen LogP contribution in [0.15, 0.2) is 0 Å². The molecule has 3 fully saturated rings. The quantitative estimate of drug-likeness (QED) is 0.778. The van der Waals surface area contributed by atoms with Crippen LogP contribution in [0.2, 0.25) is 0 Å². The van der Waals surface area contributed by atoms with Gasteiger partial charge >= 0.3 is 0 Å². The molecule has 116 valence electrons. The van der Waals surface area contributed by atoms with Crippen molar-refractivity contribution in [1.29, 1.82) is 0 Å². The van der Waals surface area contributed by atoms with Crippen LogP contribution in [0.1, 0.15) is 51.9 Å². The zero-order valence-electron chi connectivity index (χ0n) is 12.8. The molecule has 3 aliphatic rings. The second-order valence-electron chi connectivity index (χ2n) is 6.47. The van der Waals surface area contributed by atoms with Gasteiger partial charge in [0, 0.05) is 26.6 Å². The molecule has 0 aromatic carbocycles. The van der Waals surface area contributed by atoms with Crippen molar-refractivity contribution in [3.05, 3.63) is 0 Å². The first-order valence-corrected chi connectivity index (χ1v) is 8.23. The van der Waals surface area contributed by atoms with Gasteiger partial charge in [-0.15, -0.1) is 0 Å². The lowest BCUT2D eigenvalue weighted by Gasteiger charge is -2.41. The highest BCUT2D eigenvalue weighted by atomic mass is 16.8. The van der Waals surface area contributed by atoms with E-state index >= 15 is 0 Å². The summed E-state index contributed by atoms with van der Waals surface area (Å²) in [6.07, 6.45) is 8.69. The summed E-state index contributed by atoms with van der Waals surface area (Å²) < 4.78 is 23.8. The topological polar surface area (TPSA) is 36.9 Å². The number of ether oxygens (including phenoxy) is 4. The van der Waals surface area contributed by atoms with Crippen molar-refractivity contribution in [3.63, 3.8) is 0 Å². The normalized spacial score (nSPS) is 42.0. The average Bonchev–Trinajstić information content (AvgIpc) is 2.89. The van der Waals surface area contributed by atoms with Crippen molar-refractivity contribution in [2.75, 3.05) is 20.3 Å². The molecule has 3 rings (SSSR count). The molecule has 2 bridgehead atoms. The van der Waals surface area contributed by atoms with Gasteiger partial charge in [0.05, 0.1) is 12.7 Å². The van der Waals surface area contributed by atoms with Gasteiger partial charge in [-0.3, -0.25) is 0 Å². The first-order chi connectivity index (χ1) is 9.77. The molecule has 0 aromatic heterocycles. The van der Waals surface area contributed by atoms with E-state index in [9.17, 15) is 0 Å². The molecule has 4 nitrogen and oxygen atoms in total. The van der Waals surface area contributed by atoms with E-state index in [1.54, 1.807) is 7.11 Å². The molecule has 1 saturated carbocycles. The molecule has 4 atom stereocenters. The third kappa shape index (κ3) is 2.76. The predicted octanol–water partition coefficient (Wildman–Crippen LogP) is 2.89. The van der Waals surface area contributed by atoms with E-state index in [-0.39, 0.29) is 18.3 Å². The molecule has 4 heteroatoms. The molecule has 0 N–H and O–H groups in total. The van der Waals surface area contributed by atoms with Crippen LogP contribution >= 0.6 is 0 Å². The molecule has 1 unspecified atom stereocenters. The summed E-state index contributed by atoms with van der Waals surface area (Å²) >= 11 is 0. The number of methoxy groups -OCH3 is 1. The third-order valence-electron chi connectivity index (χ3n) is 5.24. The fraction of sp³-hybridized carbons (Fsp3) is 1.00. The van der Waals surface area contributed by atoms with E-state index in [0.717, 1.165) is 25.4 Å². The molecular formula is C16H28O4. The molecule has 0 radical (unpaired) electrons. The number of fused-ring (bicyclic) bond motifs is 2. The first-order valence-electron chi connectivity index (χ1n) is 8.23. The third-order valence-corrected chi connectivity index (χ3v) is 5.24. The zero-order chi connectivity index (χ0) is 14.0. The fourth-order valence-corrected chi connectivity index (χ4v) is 3.92. The zero-order valence-corrected chi connectivity index (χ0v) is 12.8. The Labute approximate surface area is 122 Å². The smallest absolute Gasteiger partial charge is 0.195 e. The van der Waals surface area contributed by atoms with E-state index in [1.165, 1.54) is 32.1 Å². The van der Waals surface area contributed by atoms with E-state index in [0.29, 0.717) is 6.61 Å². The van der Waals surface area contributed by atoms with Gasteiger partial charge < -0.3 is 18.9 Å². The SMILES string of the molecule is CCC12OC[C@@H](O1)[C@@H](OCC1CCCCC1)C[C@H]2OC. The van der Waals surface area contributed by atoms with Crippen LogP contribution < -0.4 is 0 Å². The number of hydrogen-bond donors (Lipinski definition) is 0. The summed E-state index contributed by atoms with van der Waals surface area (Å²) in [6.45, 7) is 3.61. The number of hydrogen-bond acceptors (Lipinski definition) is 4. The lowest BCUT2D eigenvalue weighted by atomic mass is 9.90. The standard InChI is InChI=1S/C16H28O4/c1-3-16-15(17-2)9-13(14(20-16)11-19-16)18-10-12-7-5-4-6-8-12/h12-15H,3-11H2,1-2H3/t13-,14+,15+,16?/m0/s1. The molecule has 0 amide bonds. The lowest BCUT2D eigenvalue weighted by Crippen LogP contribution is -2.52. The lowest BCUT2D eigenvalue weighted by molar-refractivity contribution is -0.274. The summed E-state index contributed by atoms with van der Waals surface area (Å²) in [5.74, 6) is 0.217. The minimum atomic E-state index is -0.524. The van der Waals surface area contributed by atoms with E-state index in [4.69, 9.17) is 18.9 Å². The summed E-state index contributed by atoms with van der Waals surface area (Å²) in [7, 11) is 1.74. The molecule has 0 spiro atoms. The largest absolute Gasteiger partial charge is 0.376 e. The highest BCUT2D eigenvalue weighted by molar-refractivity contribution is 4.96. The van der Waals surface area contributed by atoms with Crippen LogP contribution in [0.25, 0.3) is 0 Å². The van der Waals surface area contributed by atoms with Crippen molar-refractivity contribution in [2.24, 2.45) is 5.92 Å². The van der Waals surface area contributed by atoms with Crippen molar-refractivity contribution in [3.8, 4) is 0 Å². The van der Waals surface area contributed by atoms with Crippen LogP contribution in [-0.4, -0.2) is 44.4 Å². The maximum atomic E-state index is 6.19. The van der Waals surface area contributed by atoms with Crippen LogP contribution in [-0.2, 0) is 18.9 Å². The Morgan fingerprint density at radius 3 is 2.70 bits per heavy atom. The Bertz CT molecular complexity index is 316. The van der Waals surface area contributed by atoms with Crippen molar-refractivity contribution >= 4 is 0 Å². The van der Waals surface area contributed by atoms with E-state index in [1.807, 2.05) is 0 Å². The highest BCUT2D eigenvalue weighted by Gasteiger charge is 2.54. The Kier molecular flexibility index (Phi) is 4.65. The van der Waals surface area contributed by atoms with Gasteiger partial charge in [-0.1, -0.05) is 26.2 Å². The van der Waals surface area contributed by atoms with Crippen LogP contribution in [0.3, 0.4) is 0 Å². The average molecular weight is 284 g/mol. The molecule has 2 heterocycles. The molecule has 0 aromatic rings. The van der Waals surface area contributed by atoms with Gasteiger partial charge in [0.1, 0.15) is 12.2 Å². The predicted molar refractivity (Wildman–Crippen MR) is 75.6 cm³/mol. The highest BCUT2D eigenvalue weighted by Crippen LogP contribution is 2.41. The number of rotatable bonds is 5. The summed E-state index contributed by atoms with van der Waals surface area (Å²) in [5.41, 5.74) is 0. The summed E-state index contributed by atoms with van der Waals surface area (Å²) in [5, 5.41) is 0. The van der Waals surface area contributed by atoms with Gasteiger partial charge in [0.2, 0.25) is 0 Å². The Balaban J connectivity index is 1.55. The minimum absolute atomic E-state index is 0.0115. The van der Waals surface area contributed by atoms with Crippen LogP contribution in [0.4, 0.5) is 0 Å². The van der Waals surface area contributed by atoms with Crippen molar-refractivity contribution < 1.29 is 18.9 Å². The maximum Gasteiger partial charge on any atom is 0.195 e. The van der Waals surface area contributed by atoms with Gasteiger partial charge in [0.25, 0.3) is 0 Å². The van der Waals surface area contributed by atoms with Gasteiger partial charge in [-0.2, -0.15) is 0 Å². The Morgan fingerprint density at radius 2 is 2.00 bits per heavy atom. The van der Waals surface area contributed by atoms with Crippen LogP contribution in [0, 0.1) is 5.92 Å². The molecule has 2 saturated heterocycles. The second-order valence-corrected chi connectivity index (χ2v) is 6.47. The summed E-state index contributed by atoms with van der Waals surface area (Å²) in [6, 6.07) is 0. The molecule has 2 aliphatic heterocycles. The minimum Gasteiger partial charge on any atom is -0.376 e. The first kappa shape index (κ1) is 14.8. The van der Waals surface area contributed by atoms with Crippen molar-refractivity contribution in [1.82, 2.24) is 0 Å². The Hall–Kier alpha value is -0.160. The molecular weight excluding hydrogens is 256 g/mol. The van der Waals surface area contributed by atoms with Gasteiger partial charge in [-0.05, 0) is 18.8 Å². The van der Waals surface area contributed by atoms with E-state index < -0.39 is 5.79 Å². The second kappa shape index (κ2) is 6.30. The van der Waals surface area contributed by atoms with Crippen LogP contribution in [0.5, 0.6) is 0 Å². The van der Waals surface area contributed by atoms with Crippen molar-refractivity contribution in [2.45, 2.75) is 76.0 Å². The van der Waals surface area contributed by atoms with Gasteiger partial charge in [0.15, 0.2) is 5.79 Å². The van der Waals surface area contributed by atoms with Gasteiger partial charge in [-0.25, -0.2) is 0 Å². The Morgan fingerprint density at radius 1 is 1.20 bits per heavy atom. The fourth-order valence-electron chi connectivity index (χ4n) is 3.92.